The Hall–Kier alpha value is 0.354. The van der Waals surface area contributed by atoms with Crippen LogP contribution in [0.1, 0.15) is 33.1 Å². The van der Waals surface area contributed by atoms with Gasteiger partial charge in [-0.3, -0.25) is 0 Å². The Bertz CT molecular complexity index is 283. The summed E-state index contributed by atoms with van der Waals surface area (Å²) < 4.78 is 11.8. The third-order valence-electron chi connectivity index (χ3n) is 4.56. The lowest BCUT2D eigenvalue weighted by atomic mass is 9.77. The second-order valence-electron chi connectivity index (χ2n) is 6.70. The molecule has 98 valence electrons. The van der Waals surface area contributed by atoms with E-state index in [1.54, 1.807) is 0 Å². The lowest BCUT2D eigenvalue weighted by molar-refractivity contribution is 0.271. The largest absolute Gasteiger partial charge is 0.456 e. The van der Waals surface area contributed by atoms with Crippen LogP contribution in [0.4, 0.5) is 0 Å². The number of rotatable bonds is 5. The lowest BCUT2D eigenvalue weighted by Crippen LogP contribution is -2.36. The number of fused-ring (bicyclic) bond motifs is 1. The lowest BCUT2D eigenvalue weighted by Gasteiger charge is -2.32. The fourth-order valence-corrected chi connectivity index (χ4v) is 7.88. The molecule has 0 amide bonds. The molecule has 2 radical (unpaired) electrons. The molecule has 4 unspecified atom stereocenters. The first-order valence-electron chi connectivity index (χ1n) is 6.89. The van der Waals surface area contributed by atoms with Gasteiger partial charge in [0.1, 0.15) is 0 Å². The summed E-state index contributed by atoms with van der Waals surface area (Å²) in [5.41, 5.74) is 0.268. The maximum Gasteiger partial charge on any atom is 0.211 e. The van der Waals surface area contributed by atoms with Crippen LogP contribution in [0.3, 0.4) is 0 Å². The highest BCUT2D eigenvalue weighted by molar-refractivity contribution is 6.75. The molecule has 2 fully saturated rings. The summed E-state index contributed by atoms with van der Waals surface area (Å²) in [5, 5.41) is 0. The first-order valence-corrected chi connectivity index (χ1v) is 11.4. The highest BCUT2D eigenvalue weighted by Crippen LogP contribution is 2.51. The molecule has 0 N–H and O–H groups in total. The molecule has 1 saturated carbocycles. The molecule has 0 aromatic rings. The quantitative estimate of drug-likeness (QED) is 0.563. The van der Waals surface area contributed by atoms with Crippen molar-refractivity contribution >= 4 is 18.1 Å². The average molecular weight is 271 g/mol. The number of hydrogen-bond donors (Lipinski definition) is 0. The molecule has 2 rings (SSSR count). The summed E-state index contributed by atoms with van der Waals surface area (Å²) in [6.07, 6.45) is 4.48. The molecule has 0 spiro atoms. The molecule has 0 aromatic carbocycles. The fourth-order valence-electron chi connectivity index (χ4n) is 3.45. The van der Waals surface area contributed by atoms with Crippen LogP contribution in [-0.2, 0) is 8.85 Å². The van der Waals surface area contributed by atoms with E-state index >= 15 is 0 Å². The van der Waals surface area contributed by atoms with Gasteiger partial charge in [0.15, 0.2) is 8.32 Å². The van der Waals surface area contributed by atoms with Crippen LogP contribution < -0.4 is 0 Å². The van der Waals surface area contributed by atoms with Crippen molar-refractivity contribution < 1.29 is 8.85 Å². The van der Waals surface area contributed by atoms with Crippen molar-refractivity contribution in [3.63, 3.8) is 0 Å². The van der Waals surface area contributed by atoms with E-state index in [-0.39, 0.29) is 5.60 Å². The van der Waals surface area contributed by atoms with E-state index in [4.69, 9.17) is 8.85 Å². The zero-order valence-electron chi connectivity index (χ0n) is 11.9. The molecule has 0 aromatic heterocycles. The molecular formula is C13H26O2Si2. The van der Waals surface area contributed by atoms with Gasteiger partial charge in [-0.15, -0.1) is 0 Å². The van der Waals surface area contributed by atoms with Crippen LogP contribution >= 0.6 is 0 Å². The van der Waals surface area contributed by atoms with E-state index in [1.807, 2.05) is 0 Å². The Morgan fingerprint density at radius 2 is 2.24 bits per heavy atom. The maximum absolute atomic E-state index is 5.98. The zero-order valence-corrected chi connectivity index (χ0v) is 13.9. The number of ether oxygens (including phenoxy) is 1. The van der Waals surface area contributed by atoms with Crippen LogP contribution in [0, 0.1) is 11.8 Å². The molecule has 1 aliphatic heterocycles. The van der Waals surface area contributed by atoms with Crippen LogP contribution in [-0.4, -0.2) is 29.8 Å². The Kier molecular flexibility index (Phi) is 3.89. The Labute approximate surface area is 110 Å². The summed E-state index contributed by atoms with van der Waals surface area (Å²) in [6, 6.07) is 1.31. The van der Waals surface area contributed by atoms with Gasteiger partial charge < -0.3 is 8.85 Å². The molecule has 1 saturated heterocycles. The molecule has 0 bridgehead atoms. The van der Waals surface area contributed by atoms with Gasteiger partial charge in [0, 0.05) is 0 Å². The first-order chi connectivity index (χ1) is 7.86. The smallest absolute Gasteiger partial charge is 0.211 e. The molecule has 2 aliphatic rings. The number of hydrogen-bond acceptors (Lipinski definition) is 2. The van der Waals surface area contributed by atoms with E-state index < -0.39 is 8.32 Å². The van der Waals surface area contributed by atoms with E-state index in [2.05, 4.69) is 33.5 Å². The van der Waals surface area contributed by atoms with E-state index in [1.165, 1.54) is 25.3 Å². The first kappa shape index (κ1) is 13.8. The number of epoxide rings is 1. The minimum absolute atomic E-state index is 0.268. The normalized spacial score (nSPS) is 38.6. The molecule has 1 heterocycles. The van der Waals surface area contributed by atoms with Crippen molar-refractivity contribution in [2.24, 2.45) is 11.8 Å². The summed E-state index contributed by atoms with van der Waals surface area (Å²) in [7, 11) is -0.753. The SMILES string of the molecule is C[Si]O[Si](C)(C)CC(C)C1CCC2(C)OC2C1. The van der Waals surface area contributed by atoms with Crippen molar-refractivity contribution in [2.75, 3.05) is 0 Å². The second kappa shape index (κ2) is 4.80. The average Bonchev–Trinajstić information content (AvgIpc) is 2.87. The van der Waals surface area contributed by atoms with Crippen LogP contribution in [0.15, 0.2) is 0 Å². The molecule has 4 heteroatoms. The molecule has 4 atom stereocenters. The third kappa shape index (κ3) is 3.22. The van der Waals surface area contributed by atoms with Gasteiger partial charge in [-0.25, -0.2) is 0 Å². The standard InChI is InChI=1S/C13H26O2Si2/c1-10(9-17(4,5)15-16-3)11-6-7-13(2)12(8-11)14-13/h10-12H,6-9H2,1-5H3. The van der Waals surface area contributed by atoms with Gasteiger partial charge in [-0.2, -0.15) is 0 Å². The van der Waals surface area contributed by atoms with Gasteiger partial charge in [0.05, 0.1) is 11.7 Å². The van der Waals surface area contributed by atoms with Gasteiger partial charge in [-0.05, 0) is 63.7 Å². The zero-order chi connectivity index (χ0) is 12.7. The van der Waals surface area contributed by atoms with Crippen molar-refractivity contribution in [3.8, 4) is 0 Å². The second-order valence-corrected chi connectivity index (χ2v) is 11.9. The van der Waals surface area contributed by atoms with Crippen LogP contribution in [0.2, 0.25) is 25.7 Å². The molecule has 1 aliphatic carbocycles. The minimum Gasteiger partial charge on any atom is -0.456 e. The van der Waals surface area contributed by atoms with Gasteiger partial charge in [0.25, 0.3) is 0 Å². The summed E-state index contributed by atoms with van der Waals surface area (Å²) in [6.45, 7) is 11.6. The van der Waals surface area contributed by atoms with Crippen molar-refractivity contribution in [1.29, 1.82) is 0 Å². The monoisotopic (exact) mass is 270 g/mol. The van der Waals surface area contributed by atoms with Gasteiger partial charge in [-0.1, -0.05) is 6.92 Å². The van der Waals surface area contributed by atoms with Gasteiger partial charge >= 0.3 is 0 Å². The predicted molar refractivity (Wildman–Crippen MR) is 74.8 cm³/mol. The van der Waals surface area contributed by atoms with Crippen molar-refractivity contribution in [1.82, 2.24) is 0 Å². The topological polar surface area (TPSA) is 21.8 Å². The molecular weight excluding hydrogens is 244 g/mol. The van der Waals surface area contributed by atoms with Gasteiger partial charge in [0.2, 0.25) is 9.76 Å². The fraction of sp³-hybridized carbons (Fsp3) is 1.00. The highest BCUT2D eigenvalue weighted by Gasteiger charge is 2.55. The molecule has 17 heavy (non-hydrogen) atoms. The summed E-state index contributed by atoms with van der Waals surface area (Å²) in [5.74, 6) is 1.67. The van der Waals surface area contributed by atoms with Crippen LogP contribution in [0.25, 0.3) is 0 Å². The Balaban J connectivity index is 1.82. The Morgan fingerprint density at radius 1 is 1.53 bits per heavy atom. The van der Waals surface area contributed by atoms with E-state index in [0.29, 0.717) is 15.9 Å². The minimum atomic E-state index is -1.41. The summed E-state index contributed by atoms with van der Waals surface area (Å²) >= 11 is 0. The third-order valence-corrected chi connectivity index (χ3v) is 9.21. The maximum atomic E-state index is 5.98. The Morgan fingerprint density at radius 3 is 2.82 bits per heavy atom. The predicted octanol–water partition coefficient (Wildman–Crippen LogP) is 3.47. The van der Waals surface area contributed by atoms with E-state index in [9.17, 15) is 0 Å². The van der Waals surface area contributed by atoms with Crippen molar-refractivity contribution in [2.45, 2.75) is 70.5 Å². The molecule has 2 nitrogen and oxygen atoms in total. The van der Waals surface area contributed by atoms with Crippen LogP contribution in [0.5, 0.6) is 0 Å². The van der Waals surface area contributed by atoms with E-state index in [0.717, 1.165) is 11.8 Å². The van der Waals surface area contributed by atoms with Crippen molar-refractivity contribution in [3.05, 3.63) is 0 Å². The highest BCUT2D eigenvalue weighted by atomic mass is 28.4. The summed E-state index contributed by atoms with van der Waals surface area (Å²) in [4.78, 5) is 0.